The van der Waals surface area contributed by atoms with E-state index in [0.29, 0.717) is 4.47 Å². The smallest absolute Gasteiger partial charge is 0.302 e. The molecule has 0 radical (unpaired) electrons. The molecule has 0 aliphatic rings. The minimum Gasteiger partial charge on any atom is -0.302 e. The molecule has 0 aliphatic carbocycles. The van der Waals surface area contributed by atoms with Crippen LogP contribution in [-0.2, 0) is 24.1 Å². The van der Waals surface area contributed by atoms with Crippen LogP contribution in [0.15, 0.2) is 43.5 Å². The van der Waals surface area contributed by atoms with Crippen LogP contribution >= 0.6 is 15.9 Å². The van der Waals surface area contributed by atoms with E-state index in [1.807, 2.05) is 0 Å². The summed E-state index contributed by atoms with van der Waals surface area (Å²) in [6.45, 7) is 0. The van der Waals surface area contributed by atoms with E-state index in [-0.39, 0.29) is 5.82 Å². The molecular weight excluding hydrogens is 364 g/mol. The Balaban J connectivity index is 2.59. The van der Waals surface area contributed by atoms with Crippen LogP contribution in [0.2, 0.25) is 0 Å². The van der Waals surface area contributed by atoms with Gasteiger partial charge in [-0.05, 0) is 28.1 Å². The van der Waals surface area contributed by atoms with Crippen molar-refractivity contribution >= 4 is 31.8 Å². The summed E-state index contributed by atoms with van der Waals surface area (Å²) < 4.78 is 29.0. The number of hydrogen-bond acceptors (Lipinski definition) is 5. The highest BCUT2D eigenvalue weighted by Crippen LogP contribution is 2.20. The monoisotopic (exact) mass is 374 g/mol. The third-order valence-electron chi connectivity index (χ3n) is 2.69. The molecule has 0 saturated carbocycles. The highest BCUT2D eigenvalue weighted by molar-refractivity contribution is 9.10. The number of sulfonamides is 1. The summed E-state index contributed by atoms with van der Waals surface area (Å²) in [7, 11) is -1.60. The van der Waals surface area contributed by atoms with Gasteiger partial charge in [0.05, 0.1) is 4.47 Å². The van der Waals surface area contributed by atoms with E-state index < -0.39 is 26.2 Å². The number of pyridine rings is 1. The van der Waals surface area contributed by atoms with Crippen LogP contribution in [0.5, 0.6) is 0 Å². The fourth-order valence-electron chi connectivity index (χ4n) is 1.60. The third kappa shape index (κ3) is 2.90. The van der Waals surface area contributed by atoms with Crippen LogP contribution < -0.4 is 16.0 Å². The van der Waals surface area contributed by atoms with Crippen molar-refractivity contribution in [1.29, 1.82) is 0 Å². The lowest BCUT2D eigenvalue weighted by atomic mass is 10.5. The molecule has 0 aromatic carbocycles. The second kappa shape index (κ2) is 5.45. The standard InChI is InChI=1S/C11H11BrN4O4S/c1-15-6-8(10(17)16(2)11(15)18)21(19,20)14-9-7(12)4-3-5-13-9/h3-6H,1-2H3,(H,13,14). The van der Waals surface area contributed by atoms with Gasteiger partial charge in [0, 0.05) is 26.5 Å². The summed E-state index contributed by atoms with van der Waals surface area (Å²) in [5, 5.41) is 0. The van der Waals surface area contributed by atoms with Crippen LogP contribution in [0.25, 0.3) is 0 Å². The molecule has 112 valence electrons. The SMILES string of the molecule is Cn1cc(S(=O)(=O)Nc2ncccc2Br)c(=O)n(C)c1=O. The van der Waals surface area contributed by atoms with Gasteiger partial charge in [0.15, 0.2) is 10.7 Å². The van der Waals surface area contributed by atoms with Gasteiger partial charge < -0.3 is 4.57 Å². The van der Waals surface area contributed by atoms with Crippen molar-refractivity contribution in [2.24, 2.45) is 14.1 Å². The number of rotatable bonds is 3. The van der Waals surface area contributed by atoms with E-state index in [1.165, 1.54) is 20.3 Å². The molecule has 0 fully saturated rings. The van der Waals surface area contributed by atoms with Gasteiger partial charge in [-0.25, -0.2) is 18.2 Å². The molecule has 0 spiro atoms. The van der Waals surface area contributed by atoms with Crippen molar-refractivity contribution in [2.75, 3.05) is 4.72 Å². The van der Waals surface area contributed by atoms with Crippen molar-refractivity contribution < 1.29 is 8.42 Å². The molecule has 2 rings (SSSR count). The lowest BCUT2D eigenvalue weighted by Gasteiger charge is -2.10. The van der Waals surface area contributed by atoms with E-state index in [4.69, 9.17) is 0 Å². The Bertz CT molecular complexity index is 917. The Morgan fingerprint density at radius 1 is 1.29 bits per heavy atom. The van der Waals surface area contributed by atoms with E-state index in [2.05, 4.69) is 25.6 Å². The van der Waals surface area contributed by atoms with Gasteiger partial charge in [0.2, 0.25) is 0 Å². The summed E-state index contributed by atoms with van der Waals surface area (Å²) in [6.07, 6.45) is 2.38. The summed E-state index contributed by atoms with van der Waals surface area (Å²) in [5.41, 5.74) is -1.52. The molecule has 0 aliphatic heterocycles. The van der Waals surface area contributed by atoms with Crippen molar-refractivity contribution in [3.05, 3.63) is 49.8 Å². The molecule has 0 atom stereocenters. The molecule has 2 heterocycles. The Hall–Kier alpha value is -1.94. The zero-order valence-corrected chi connectivity index (χ0v) is 13.5. The quantitative estimate of drug-likeness (QED) is 0.816. The van der Waals surface area contributed by atoms with E-state index in [0.717, 1.165) is 15.3 Å². The first kappa shape index (κ1) is 15.4. The molecule has 8 nitrogen and oxygen atoms in total. The van der Waals surface area contributed by atoms with Gasteiger partial charge >= 0.3 is 5.69 Å². The van der Waals surface area contributed by atoms with Gasteiger partial charge in [-0.15, -0.1) is 0 Å². The molecule has 0 saturated heterocycles. The molecular formula is C11H11BrN4O4S. The topological polar surface area (TPSA) is 103 Å². The van der Waals surface area contributed by atoms with Crippen LogP contribution in [0.3, 0.4) is 0 Å². The highest BCUT2D eigenvalue weighted by Gasteiger charge is 2.22. The Morgan fingerprint density at radius 2 is 1.95 bits per heavy atom. The number of nitrogens with zero attached hydrogens (tertiary/aromatic N) is 3. The molecule has 0 amide bonds. The molecule has 2 aromatic heterocycles. The number of hydrogen-bond donors (Lipinski definition) is 1. The van der Waals surface area contributed by atoms with Crippen LogP contribution in [0.1, 0.15) is 0 Å². The number of nitrogens with one attached hydrogen (secondary N) is 1. The molecule has 2 aromatic rings. The number of aryl methyl sites for hydroxylation is 1. The van der Waals surface area contributed by atoms with Crippen molar-refractivity contribution in [2.45, 2.75) is 4.90 Å². The average molecular weight is 375 g/mol. The fraction of sp³-hybridized carbons (Fsp3) is 0.182. The molecule has 21 heavy (non-hydrogen) atoms. The largest absolute Gasteiger partial charge is 0.330 e. The lowest BCUT2D eigenvalue weighted by Crippen LogP contribution is -2.40. The predicted molar refractivity (Wildman–Crippen MR) is 79.7 cm³/mol. The Morgan fingerprint density at radius 3 is 2.57 bits per heavy atom. The third-order valence-corrected chi connectivity index (χ3v) is 4.66. The van der Waals surface area contributed by atoms with E-state index in [1.54, 1.807) is 12.1 Å². The number of halogens is 1. The maximum absolute atomic E-state index is 12.3. The first-order valence-corrected chi connectivity index (χ1v) is 7.91. The zero-order valence-electron chi connectivity index (χ0n) is 11.1. The predicted octanol–water partition coefficient (Wildman–Crippen LogP) is 0.0423. The fourth-order valence-corrected chi connectivity index (χ4v) is 3.28. The molecule has 1 N–H and O–H groups in total. The summed E-state index contributed by atoms with van der Waals surface area (Å²) in [6, 6.07) is 3.22. The second-order valence-electron chi connectivity index (χ2n) is 4.19. The summed E-state index contributed by atoms with van der Waals surface area (Å²) in [4.78, 5) is 26.9. The minimum atomic E-state index is -4.16. The summed E-state index contributed by atoms with van der Waals surface area (Å²) in [5.74, 6) is 0.0495. The molecule has 0 unspecified atom stereocenters. The Labute approximate surface area is 128 Å². The van der Waals surface area contributed by atoms with Gasteiger partial charge in [-0.3, -0.25) is 14.1 Å². The number of aromatic nitrogens is 3. The van der Waals surface area contributed by atoms with E-state index in [9.17, 15) is 18.0 Å². The molecule has 0 bridgehead atoms. The van der Waals surface area contributed by atoms with Crippen LogP contribution in [-0.4, -0.2) is 22.5 Å². The van der Waals surface area contributed by atoms with Gasteiger partial charge in [0.1, 0.15) is 0 Å². The minimum absolute atomic E-state index is 0.0495. The van der Waals surface area contributed by atoms with Crippen LogP contribution in [0, 0.1) is 0 Å². The normalized spacial score (nSPS) is 11.4. The van der Waals surface area contributed by atoms with Gasteiger partial charge in [-0.1, -0.05) is 0 Å². The Kier molecular flexibility index (Phi) is 4.01. The maximum atomic E-state index is 12.3. The van der Waals surface area contributed by atoms with Gasteiger partial charge in [-0.2, -0.15) is 0 Å². The maximum Gasteiger partial charge on any atom is 0.330 e. The van der Waals surface area contributed by atoms with Crippen molar-refractivity contribution in [3.63, 3.8) is 0 Å². The average Bonchev–Trinajstić information content (AvgIpc) is 2.42. The van der Waals surface area contributed by atoms with Crippen LogP contribution in [0.4, 0.5) is 5.82 Å². The first-order chi connectivity index (χ1) is 9.74. The zero-order chi connectivity index (χ0) is 15.8. The number of anilines is 1. The van der Waals surface area contributed by atoms with Gasteiger partial charge in [0.25, 0.3) is 15.6 Å². The van der Waals surface area contributed by atoms with Crippen molar-refractivity contribution in [1.82, 2.24) is 14.1 Å². The lowest BCUT2D eigenvalue weighted by molar-refractivity contribution is 0.589. The van der Waals surface area contributed by atoms with Crippen molar-refractivity contribution in [3.8, 4) is 0 Å². The second-order valence-corrected chi connectivity index (χ2v) is 6.70. The van der Waals surface area contributed by atoms with E-state index >= 15 is 0 Å². The first-order valence-electron chi connectivity index (χ1n) is 5.64. The summed E-state index contributed by atoms with van der Waals surface area (Å²) >= 11 is 3.15. The molecule has 10 heteroatoms. The highest BCUT2D eigenvalue weighted by atomic mass is 79.9.